The zero-order valence-electron chi connectivity index (χ0n) is 18.7. The van der Waals surface area contributed by atoms with Gasteiger partial charge >= 0.3 is 0 Å². The Kier molecular flexibility index (Phi) is 5.01. The molecule has 2 aliphatic heterocycles. The molecule has 2 aliphatic rings. The van der Waals surface area contributed by atoms with E-state index >= 15 is 0 Å². The molecule has 0 bridgehead atoms. The molecule has 12 heteroatoms. The number of piperidine rings is 1. The van der Waals surface area contributed by atoms with Gasteiger partial charge in [-0.3, -0.25) is 4.79 Å². The van der Waals surface area contributed by atoms with Gasteiger partial charge in [-0.05, 0) is 51.4 Å². The Morgan fingerprint density at radius 2 is 1.97 bits per heavy atom. The fourth-order valence-electron chi connectivity index (χ4n) is 4.43. The number of sulfonamides is 1. The average Bonchev–Trinajstić information content (AvgIpc) is 3.30. The summed E-state index contributed by atoms with van der Waals surface area (Å²) in [5, 5.41) is 10.2. The number of benzene rings is 1. The average molecular weight is 471 g/mol. The van der Waals surface area contributed by atoms with E-state index in [1.807, 2.05) is 36.9 Å². The third kappa shape index (κ3) is 3.68. The summed E-state index contributed by atoms with van der Waals surface area (Å²) in [6.07, 6.45) is 4.41. The van der Waals surface area contributed by atoms with Gasteiger partial charge in [0.1, 0.15) is 0 Å². The molecule has 0 unspecified atom stereocenters. The van der Waals surface area contributed by atoms with Crippen molar-refractivity contribution in [3.63, 3.8) is 0 Å². The van der Waals surface area contributed by atoms with E-state index in [-0.39, 0.29) is 5.91 Å². The lowest BCUT2D eigenvalue weighted by molar-refractivity contribution is -0.119. The van der Waals surface area contributed by atoms with Gasteiger partial charge in [0.15, 0.2) is 11.5 Å². The van der Waals surface area contributed by atoms with E-state index in [9.17, 15) is 13.2 Å². The van der Waals surface area contributed by atoms with Crippen LogP contribution in [0.2, 0.25) is 0 Å². The van der Waals surface area contributed by atoms with Gasteiger partial charge in [-0.25, -0.2) is 22.6 Å². The minimum Gasteiger partial charge on any atom is -0.353 e. The maximum absolute atomic E-state index is 12.2. The third-order valence-corrected chi connectivity index (χ3v) is 8.38. The molecule has 1 fully saturated rings. The summed E-state index contributed by atoms with van der Waals surface area (Å²) in [6.45, 7) is 4.93. The van der Waals surface area contributed by atoms with Gasteiger partial charge in [0.25, 0.3) is 0 Å². The van der Waals surface area contributed by atoms with Crippen LogP contribution in [-0.4, -0.2) is 59.3 Å². The van der Waals surface area contributed by atoms with E-state index in [4.69, 9.17) is 0 Å². The SMILES string of the molecule is CNS(=O)(=O)C1CCN(c2nccn3nc(Nc4ccc5c(c4)NC(=O)C5(C)C)nc23)CC1. The molecule has 11 nitrogen and oxygen atoms in total. The lowest BCUT2D eigenvalue weighted by atomic mass is 9.86. The van der Waals surface area contributed by atoms with Gasteiger partial charge in [0.05, 0.1) is 10.7 Å². The number of hydrogen-bond donors (Lipinski definition) is 3. The van der Waals surface area contributed by atoms with Gasteiger partial charge in [0.2, 0.25) is 21.9 Å². The molecule has 4 heterocycles. The maximum Gasteiger partial charge on any atom is 0.247 e. The van der Waals surface area contributed by atoms with Crippen LogP contribution in [0.1, 0.15) is 32.3 Å². The number of hydrogen-bond acceptors (Lipinski definition) is 8. The van der Waals surface area contributed by atoms with Crippen LogP contribution in [0.15, 0.2) is 30.6 Å². The monoisotopic (exact) mass is 470 g/mol. The predicted molar refractivity (Wildman–Crippen MR) is 125 cm³/mol. The Morgan fingerprint density at radius 1 is 1.21 bits per heavy atom. The summed E-state index contributed by atoms with van der Waals surface area (Å²) in [5.41, 5.74) is 2.52. The van der Waals surface area contributed by atoms with Crippen molar-refractivity contribution in [1.29, 1.82) is 0 Å². The molecular formula is C21H26N8O3S. The van der Waals surface area contributed by atoms with Crippen molar-refractivity contribution >= 4 is 44.7 Å². The first-order chi connectivity index (χ1) is 15.7. The van der Waals surface area contributed by atoms with E-state index < -0.39 is 20.7 Å². The highest BCUT2D eigenvalue weighted by Gasteiger charge is 2.38. The summed E-state index contributed by atoms with van der Waals surface area (Å²) in [6, 6.07) is 5.71. The largest absolute Gasteiger partial charge is 0.353 e. The summed E-state index contributed by atoms with van der Waals surface area (Å²) in [5.74, 6) is 1.05. The first-order valence-corrected chi connectivity index (χ1v) is 12.4. The van der Waals surface area contributed by atoms with Crippen molar-refractivity contribution in [2.75, 3.05) is 35.7 Å². The van der Waals surface area contributed by atoms with Gasteiger partial charge < -0.3 is 15.5 Å². The first kappa shape index (κ1) is 21.6. The second kappa shape index (κ2) is 7.66. The van der Waals surface area contributed by atoms with Crippen LogP contribution in [0.25, 0.3) is 5.65 Å². The van der Waals surface area contributed by atoms with Crippen molar-refractivity contribution in [2.24, 2.45) is 0 Å². The lowest BCUT2D eigenvalue weighted by Crippen LogP contribution is -2.43. The molecule has 3 aromatic rings. The standard InChI is InChI=1S/C21H26N8O3S/c1-21(2)15-5-4-13(12-16(15)25-19(21)30)24-20-26-18-17(23-8-11-29(18)27-20)28-9-6-14(7-10-28)33(31,32)22-3/h4-5,8,11-12,14,22H,6-7,9-10H2,1-3H3,(H,24,27)(H,25,30). The van der Waals surface area contributed by atoms with Crippen molar-refractivity contribution in [2.45, 2.75) is 37.4 Å². The zero-order valence-corrected chi connectivity index (χ0v) is 19.5. The van der Waals surface area contributed by atoms with E-state index in [0.717, 1.165) is 16.9 Å². The second-order valence-electron chi connectivity index (χ2n) is 8.85. The van der Waals surface area contributed by atoms with Crippen LogP contribution in [-0.2, 0) is 20.2 Å². The lowest BCUT2D eigenvalue weighted by Gasteiger charge is -2.32. The minimum atomic E-state index is -3.28. The number of rotatable bonds is 5. The number of anilines is 4. The van der Waals surface area contributed by atoms with Gasteiger partial charge in [-0.1, -0.05) is 6.07 Å². The van der Waals surface area contributed by atoms with Crippen molar-refractivity contribution in [3.8, 4) is 0 Å². The van der Waals surface area contributed by atoms with E-state index in [1.54, 1.807) is 16.9 Å². The molecule has 0 radical (unpaired) electrons. The molecule has 5 rings (SSSR count). The highest BCUT2D eigenvalue weighted by Crippen LogP contribution is 2.39. The molecule has 1 amide bonds. The van der Waals surface area contributed by atoms with E-state index in [0.29, 0.717) is 43.3 Å². The van der Waals surface area contributed by atoms with Gasteiger partial charge in [-0.2, -0.15) is 4.98 Å². The quantitative estimate of drug-likeness (QED) is 0.512. The van der Waals surface area contributed by atoms with Crippen LogP contribution < -0.4 is 20.3 Å². The molecule has 0 atom stereocenters. The third-order valence-electron chi connectivity index (χ3n) is 6.47. The number of amides is 1. The van der Waals surface area contributed by atoms with E-state index in [1.165, 1.54) is 7.05 Å². The summed E-state index contributed by atoms with van der Waals surface area (Å²) in [7, 11) is -1.83. The predicted octanol–water partition coefficient (Wildman–Crippen LogP) is 1.62. The molecule has 174 valence electrons. The molecule has 1 aromatic carbocycles. The summed E-state index contributed by atoms with van der Waals surface area (Å²) >= 11 is 0. The zero-order chi connectivity index (χ0) is 23.4. The van der Waals surface area contributed by atoms with Crippen molar-refractivity contribution < 1.29 is 13.2 Å². The smallest absolute Gasteiger partial charge is 0.247 e. The summed E-state index contributed by atoms with van der Waals surface area (Å²) in [4.78, 5) is 23.4. The maximum atomic E-state index is 12.2. The van der Waals surface area contributed by atoms with Gasteiger partial charge in [0, 0.05) is 36.9 Å². The Balaban J connectivity index is 1.37. The van der Waals surface area contributed by atoms with Crippen LogP contribution in [0.3, 0.4) is 0 Å². The molecule has 33 heavy (non-hydrogen) atoms. The fourth-order valence-corrected chi connectivity index (χ4v) is 5.59. The Hall–Kier alpha value is -3.25. The normalized spacial score (nSPS) is 18.4. The Labute approximate surface area is 191 Å². The highest BCUT2D eigenvalue weighted by molar-refractivity contribution is 7.90. The molecule has 0 saturated carbocycles. The molecular weight excluding hydrogens is 444 g/mol. The first-order valence-electron chi connectivity index (χ1n) is 10.8. The fraction of sp³-hybridized carbons (Fsp3) is 0.429. The van der Waals surface area contributed by atoms with Crippen LogP contribution >= 0.6 is 0 Å². The number of carbonyl (C=O) groups excluding carboxylic acids is 1. The minimum absolute atomic E-state index is 0.0255. The van der Waals surface area contributed by atoms with Crippen LogP contribution in [0.5, 0.6) is 0 Å². The molecule has 2 aromatic heterocycles. The van der Waals surface area contributed by atoms with Crippen LogP contribution in [0, 0.1) is 0 Å². The van der Waals surface area contributed by atoms with Crippen molar-refractivity contribution in [3.05, 3.63) is 36.2 Å². The highest BCUT2D eigenvalue weighted by atomic mass is 32.2. The molecule has 3 N–H and O–H groups in total. The van der Waals surface area contributed by atoms with Crippen molar-refractivity contribution in [1.82, 2.24) is 24.3 Å². The number of nitrogens with one attached hydrogen (secondary N) is 3. The molecule has 1 saturated heterocycles. The number of carbonyl (C=O) groups is 1. The Morgan fingerprint density at radius 3 is 2.70 bits per heavy atom. The van der Waals surface area contributed by atoms with E-state index in [2.05, 4.69) is 30.4 Å². The summed E-state index contributed by atoms with van der Waals surface area (Å²) < 4.78 is 28.3. The van der Waals surface area contributed by atoms with Crippen LogP contribution in [0.4, 0.5) is 23.1 Å². The second-order valence-corrected chi connectivity index (χ2v) is 11.0. The number of nitrogens with zero attached hydrogens (tertiary/aromatic N) is 5. The number of aromatic nitrogens is 4. The molecule has 0 aliphatic carbocycles. The molecule has 0 spiro atoms. The Bertz CT molecular complexity index is 1340. The topological polar surface area (TPSA) is 134 Å². The number of fused-ring (bicyclic) bond motifs is 2. The van der Waals surface area contributed by atoms with Gasteiger partial charge in [-0.15, -0.1) is 5.10 Å².